The summed E-state index contributed by atoms with van der Waals surface area (Å²) in [5.41, 5.74) is 2.10. The molecule has 0 unspecified atom stereocenters. The van der Waals surface area contributed by atoms with Crippen molar-refractivity contribution in [3.05, 3.63) is 65.7 Å². The van der Waals surface area contributed by atoms with Gasteiger partial charge in [-0.25, -0.2) is 8.42 Å². The number of rotatable bonds is 8. The third-order valence-electron chi connectivity index (χ3n) is 3.92. The standard InChI is InChI=1S/C19H22O4S/c1-23-19(20)13-7-10-16-8-5-6-9-17(16)14-15-24(21,22)18-11-3-2-4-12-18/h2-6,8-9,11-12H,7,10,13-15H2,1H3. The van der Waals surface area contributed by atoms with E-state index < -0.39 is 9.84 Å². The van der Waals surface area contributed by atoms with Crippen molar-refractivity contribution in [2.75, 3.05) is 12.9 Å². The molecule has 128 valence electrons. The predicted octanol–water partition coefficient (Wildman–Crippen LogP) is 3.20. The van der Waals surface area contributed by atoms with E-state index in [1.54, 1.807) is 30.3 Å². The number of sulfone groups is 1. The van der Waals surface area contributed by atoms with Gasteiger partial charge in [0.05, 0.1) is 17.8 Å². The van der Waals surface area contributed by atoms with Gasteiger partial charge < -0.3 is 4.74 Å². The largest absolute Gasteiger partial charge is 0.469 e. The second-order valence-corrected chi connectivity index (χ2v) is 7.69. The van der Waals surface area contributed by atoms with Crippen LogP contribution in [0.2, 0.25) is 0 Å². The molecule has 5 heteroatoms. The van der Waals surface area contributed by atoms with Crippen LogP contribution in [0.5, 0.6) is 0 Å². The molecule has 0 aliphatic rings. The molecule has 0 radical (unpaired) electrons. The van der Waals surface area contributed by atoms with E-state index in [1.165, 1.54) is 7.11 Å². The number of benzene rings is 2. The normalized spacial score (nSPS) is 11.2. The lowest BCUT2D eigenvalue weighted by Crippen LogP contribution is -2.10. The van der Waals surface area contributed by atoms with Crippen LogP contribution in [-0.2, 0) is 32.2 Å². The number of hydrogen-bond donors (Lipinski definition) is 0. The predicted molar refractivity (Wildman–Crippen MR) is 93.6 cm³/mol. The zero-order valence-electron chi connectivity index (χ0n) is 13.8. The number of carbonyl (C=O) groups is 1. The van der Waals surface area contributed by atoms with Crippen molar-refractivity contribution in [1.82, 2.24) is 0 Å². The van der Waals surface area contributed by atoms with Gasteiger partial charge in [0.25, 0.3) is 0 Å². The van der Waals surface area contributed by atoms with Gasteiger partial charge in [-0.1, -0.05) is 42.5 Å². The number of esters is 1. The fraction of sp³-hybridized carbons (Fsp3) is 0.316. The molecule has 0 saturated carbocycles. The van der Waals surface area contributed by atoms with Crippen molar-refractivity contribution in [3.8, 4) is 0 Å². The molecule has 2 aromatic rings. The van der Waals surface area contributed by atoms with E-state index in [9.17, 15) is 13.2 Å². The monoisotopic (exact) mass is 346 g/mol. The van der Waals surface area contributed by atoms with E-state index in [1.807, 2.05) is 24.3 Å². The summed E-state index contributed by atoms with van der Waals surface area (Å²) in [6.45, 7) is 0. The molecule has 0 N–H and O–H groups in total. The second kappa shape index (κ2) is 8.64. The first-order valence-corrected chi connectivity index (χ1v) is 9.59. The molecule has 2 aromatic carbocycles. The Kier molecular flexibility index (Phi) is 6.55. The Morgan fingerprint density at radius 3 is 2.12 bits per heavy atom. The molecule has 0 heterocycles. The Morgan fingerprint density at radius 2 is 1.50 bits per heavy atom. The number of carbonyl (C=O) groups excluding carboxylic acids is 1. The van der Waals surface area contributed by atoms with Crippen LogP contribution in [0, 0.1) is 0 Å². The highest BCUT2D eigenvalue weighted by molar-refractivity contribution is 7.91. The fourth-order valence-electron chi connectivity index (χ4n) is 2.56. The Morgan fingerprint density at radius 1 is 0.917 bits per heavy atom. The van der Waals surface area contributed by atoms with Crippen LogP contribution in [0.15, 0.2) is 59.5 Å². The van der Waals surface area contributed by atoms with Crippen molar-refractivity contribution >= 4 is 15.8 Å². The molecule has 0 atom stereocenters. The summed E-state index contributed by atoms with van der Waals surface area (Å²) in [7, 11) is -1.91. The molecule has 0 amide bonds. The number of aryl methyl sites for hydroxylation is 2. The second-order valence-electron chi connectivity index (χ2n) is 5.58. The summed E-state index contributed by atoms with van der Waals surface area (Å²) in [6.07, 6.45) is 2.25. The van der Waals surface area contributed by atoms with E-state index in [4.69, 9.17) is 0 Å². The van der Waals surface area contributed by atoms with Crippen molar-refractivity contribution in [1.29, 1.82) is 0 Å². The van der Waals surface area contributed by atoms with Crippen LogP contribution in [0.4, 0.5) is 0 Å². The van der Waals surface area contributed by atoms with Crippen molar-refractivity contribution in [2.24, 2.45) is 0 Å². The minimum Gasteiger partial charge on any atom is -0.469 e. The Hall–Kier alpha value is -2.14. The van der Waals surface area contributed by atoms with Crippen molar-refractivity contribution in [3.63, 3.8) is 0 Å². The Bertz CT molecular complexity index is 767. The molecule has 0 aliphatic heterocycles. The van der Waals surface area contributed by atoms with Gasteiger partial charge in [-0.3, -0.25) is 4.79 Å². The highest BCUT2D eigenvalue weighted by Gasteiger charge is 2.15. The van der Waals surface area contributed by atoms with Crippen molar-refractivity contribution < 1.29 is 17.9 Å². The van der Waals surface area contributed by atoms with Gasteiger partial charge in [0.2, 0.25) is 0 Å². The van der Waals surface area contributed by atoms with Crippen LogP contribution in [0.1, 0.15) is 24.0 Å². The molecule has 0 saturated heterocycles. The lowest BCUT2D eigenvalue weighted by molar-refractivity contribution is -0.140. The third kappa shape index (κ3) is 5.20. The first kappa shape index (κ1) is 18.2. The van der Waals surface area contributed by atoms with Crippen LogP contribution in [0.25, 0.3) is 0 Å². The maximum absolute atomic E-state index is 12.4. The van der Waals surface area contributed by atoms with E-state index in [-0.39, 0.29) is 11.7 Å². The van der Waals surface area contributed by atoms with Gasteiger partial charge in [-0.05, 0) is 42.5 Å². The molecular formula is C19H22O4S. The Labute approximate surface area is 143 Å². The van der Waals surface area contributed by atoms with Gasteiger partial charge >= 0.3 is 5.97 Å². The van der Waals surface area contributed by atoms with Gasteiger partial charge in [0.1, 0.15) is 0 Å². The molecule has 0 aromatic heterocycles. The lowest BCUT2D eigenvalue weighted by atomic mass is 10.0. The summed E-state index contributed by atoms with van der Waals surface area (Å²) in [5.74, 6) is -0.149. The molecule has 0 spiro atoms. The third-order valence-corrected chi connectivity index (χ3v) is 5.65. The SMILES string of the molecule is COC(=O)CCCc1ccccc1CCS(=O)(=O)c1ccccc1. The van der Waals surface area contributed by atoms with Crippen molar-refractivity contribution in [2.45, 2.75) is 30.6 Å². The summed E-state index contributed by atoms with van der Waals surface area (Å²) in [4.78, 5) is 11.6. The molecule has 0 fully saturated rings. The maximum atomic E-state index is 12.4. The average Bonchev–Trinajstić information content (AvgIpc) is 2.61. The molecule has 2 rings (SSSR count). The first-order valence-electron chi connectivity index (χ1n) is 7.94. The molecular weight excluding hydrogens is 324 g/mol. The topological polar surface area (TPSA) is 60.4 Å². The van der Waals surface area contributed by atoms with E-state index in [2.05, 4.69) is 4.74 Å². The highest BCUT2D eigenvalue weighted by Crippen LogP contribution is 2.17. The van der Waals surface area contributed by atoms with Crippen LogP contribution in [-0.4, -0.2) is 27.2 Å². The van der Waals surface area contributed by atoms with E-state index >= 15 is 0 Å². The first-order chi connectivity index (χ1) is 11.5. The number of hydrogen-bond acceptors (Lipinski definition) is 4. The van der Waals surface area contributed by atoms with Gasteiger partial charge in [0, 0.05) is 6.42 Å². The smallest absolute Gasteiger partial charge is 0.305 e. The lowest BCUT2D eigenvalue weighted by Gasteiger charge is -2.10. The molecule has 0 bridgehead atoms. The molecule has 24 heavy (non-hydrogen) atoms. The van der Waals surface area contributed by atoms with Crippen LogP contribution >= 0.6 is 0 Å². The average molecular weight is 346 g/mol. The number of ether oxygens (including phenoxy) is 1. The maximum Gasteiger partial charge on any atom is 0.305 e. The van der Waals surface area contributed by atoms with E-state index in [0.29, 0.717) is 24.2 Å². The fourth-order valence-corrected chi connectivity index (χ4v) is 3.86. The molecule has 0 aliphatic carbocycles. The van der Waals surface area contributed by atoms with Gasteiger partial charge in [-0.15, -0.1) is 0 Å². The quantitative estimate of drug-likeness (QED) is 0.689. The summed E-state index contributed by atoms with van der Waals surface area (Å²) in [6, 6.07) is 16.3. The molecule has 4 nitrogen and oxygen atoms in total. The zero-order chi connectivity index (χ0) is 17.4. The zero-order valence-corrected chi connectivity index (χ0v) is 14.6. The van der Waals surface area contributed by atoms with Gasteiger partial charge in [-0.2, -0.15) is 0 Å². The van der Waals surface area contributed by atoms with Crippen LogP contribution < -0.4 is 0 Å². The number of methoxy groups -OCH3 is 1. The van der Waals surface area contributed by atoms with Gasteiger partial charge in [0.15, 0.2) is 9.84 Å². The minimum absolute atomic E-state index is 0.0744. The minimum atomic E-state index is -3.29. The Balaban J connectivity index is 2.01. The van der Waals surface area contributed by atoms with E-state index in [0.717, 1.165) is 17.5 Å². The summed E-state index contributed by atoms with van der Waals surface area (Å²) >= 11 is 0. The van der Waals surface area contributed by atoms with Crippen LogP contribution in [0.3, 0.4) is 0 Å². The summed E-state index contributed by atoms with van der Waals surface area (Å²) < 4.78 is 29.4. The summed E-state index contributed by atoms with van der Waals surface area (Å²) in [5, 5.41) is 0. The highest BCUT2D eigenvalue weighted by atomic mass is 32.2.